The molecule has 2 rings (SSSR count). The summed E-state index contributed by atoms with van der Waals surface area (Å²) in [5, 5.41) is 0.710. The molecule has 1 aromatic heterocycles. The van der Waals surface area contributed by atoms with Gasteiger partial charge < -0.3 is 10.5 Å². The number of ketones is 1. The second-order valence-electron chi connectivity index (χ2n) is 5.67. The average Bonchev–Trinajstić information content (AvgIpc) is 2.59. The molecule has 10 heteroatoms. The number of carbonyl (C=O) groups excluding carboxylic acids is 2. The Bertz CT molecular complexity index is 997. The van der Waals surface area contributed by atoms with E-state index in [4.69, 9.17) is 33.7 Å². The van der Waals surface area contributed by atoms with Gasteiger partial charge in [-0.15, -0.1) is 0 Å². The van der Waals surface area contributed by atoms with Gasteiger partial charge in [0.25, 0.3) is 5.56 Å². The zero-order valence-electron chi connectivity index (χ0n) is 14.4. The number of nitrogen functional groups attached to an aromatic ring is 1. The molecular weight excluding hydrogens is 397 g/mol. The molecule has 1 heterocycles. The number of Topliss-reactive ketones (excluding diaryl/α,β-unsaturated/α-hetero) is 1. The third-order valence-corrected chi connectivity index (χ3v) is 4.27. The smallest absolute Gasteiger partial charge is 0.329 e. The molecule has 0 aliphatic heterocycles. The maximum Gasteiger partial charge on any atom is 0.329 e. The minimum absolute atomic E-state index is 0.176. The van der Waals surface area contributed by atoms with Gasteiger partial charge in [0.05, 0.1) is 6.42 Å². The highest BCUT2D eigenvalue weighted by atomic mass is 35.5. The first-order valence-electron chi connectivity index (χ1n) is 8.00. The number of benzene rings is 1. The Morgan fingerprint density at radius 1 is 1.26 bits per heavy atom. The Morgan fingerprint density at radius 3 is 2.59 bits per heavy atom. The number of ether oxygens (including phenoxy) is 1. The van der Waals surface area contributed by atoms with Crippen LogP contribution in [0.2, 0.25) is 10.0 Å². The van der Waals surface area contributed by atoms with Crippen LogP contribution in [0.1, 0.15) is 29.3 Å². The number of esters is 1. The molecule has 0 radical (unpaired) electrons. The lowest BCUT2D eigenvalue weighted by molar-refractivity contribution is -0.141. The van der Waals surface area contributed by atoms with E-state index in [-0.39, 0.29) is 23.8 Å². The lowest BCUT2D eigenvalue weighted by Gasteiger charge is -2.11. The van der Waals surface area contributed by atoms with Crippen molar-refractivity contribution in [1.29, 1.82) is 0 Å². The number of rotatable bonds is 7. The molecule has 0 atom stereocenters. The fraction of sp³-hybridized carbons (Fsp3) is 0.294. The molecule has 0 saturated heterocycles. The Hall–Kier alpha value is -2.58. The van der Waals surface area contributed by atoms with E-state index in [2.05, 4.69) is 0 Å². The summed E-state index contributed by atoms with van der Waals surface area (Å²) >= 11 is 11.8. The highest BCUT2D eigenvalue weighted by molar-refractivity contribution is 6.35. The molecule has 0 aliphatic rings. The predicted octanol–water partition coefficient (Wildman–Crippen LogP) is 1.80. The van der Waals surface area contributed by atoms with Crippen LogP contribution in [0.3, 0.4) is 0 Å². The van der Waals surface area contributed by atoms with Crippen LogP contribution in [-0.2, 0) is 22.5 Å². The van der Waals surface area contributed by atoms with Crippen LogP contribution in [0, 0.1) is 0 Å². The van der Waals surface area contributed by atoms with Crippen molar-refractivity contribution in [2.45, 2.75) is 26.3 Å². The van der Waals surface area contributed by atoms with Gasteiger partial charge in [-0.05, 0) is 24.1 Å². The van der Waals surface area contributed by atoms with Crippen molar-refractivity contribution < 1.29 is 14.3 Å². The number of carbonyl (C=O) groups is 2. The van der Waals surface area contributed by atoms with Gasteiger partial charge >= 0.3 is 11.7 Å². The summed E-state index contributed by atoms with van der Waals surface area (Å²) in [6.45, 7) is 1.35. The molecule has 0 amide bonds. The molecule has 0 spiro atoms. The van der Waals surface area contributed by atoms with Gasteiger partial charge in [-0.1, -0.05) is 36.2 Å². The summed E-state index contributed by atoms with van der Waals surface area (Å²) in [5.41, 5.74) is 4.22. The third-order valence-electron chi connectivity index (χ3n) is 3.68. The molecule has 2 aromatic rings. The van der Waals surface area contributed by atoms with Crippen LogP contribution in [0.25, 0.3) is 0 Å². The van der Waals surface area contributed by atoms with Gasteiger partial charge in [-0.2, -0.15) is 0 Å². The standard InChI is InChI=1S/C17H17Cl2N3O5/c1-2-5-22-15(20)14(16(25)21-17(22)26)12(23)8-27-13(24)6-9-3-4-10(18)7-11(9)19/h3-4,7H,2,5-6,8,20H2,1H3,(H,21,25,26). The molecule has 0 unspecified atom stereocenters. The highest BCUT2D eigenvalue weighted by Gasteiger charge is 2.20. The molecule has 1 aromatic carbocycles. The number of nitrogens with one attached hydrogen (secondary N) is 1. The molecular formula is C17H17Cl2N3O5. The molecule has 0 aliphatic carbocycles. The van der Waals surface area contributed by atoms with E-state index >= 15 is 0 Å². The first-order valence-corrected chi connectivity index (χ1v) is 8.75. The zero-order chi connectivity index (χ0) is 20.1. The normalized spacial score (nSPS) is 10.6. The van der Waals surface area contributed by atoms with Gasteiger partial charge in [-0.3, -0.25) is 23.9 Å². The number of nitrogens with zero attached hydrogens (tertiary/aromatic N) is 1. The van der Waals surface area contributed by atoms with Gasteiger partial charge in [0.1, 0.15) is 11.4 Å². The maximum atomic E-state index is 12.3. The highest BCUT2D eigenvalue weighted by Crippen LogP contribution is 2.21. The topological polar surface area (TPSA) is 124 Å². The van der Waals surface area contributed by atoms with E-state index in [0.717, 1.165) is 4.57 Å². The first-order chi connectivity index (χ1) is 12.7. The fourth-order valence-electron chi connectivity index (χ4n) is 2.39. The zero-order valence-corrected chi connectivity index (χ0v) is 15.9. The molecule has 0 bridgehead atoms. The lowest BCUT2D eigenvalue weighted by atomic mass is 10.1. The molecule has 144 valence electrons. The number of hydrogen-bond donors (Lipinski definition) is 2. The van der Waals surface area contributed by atoms with Gasteiger partial charge in [0.15, 0.2) is 6.61 Å². The number of anilines is 1. The average molecular weight is 414 g/mol. The number of aromatic nitrogens is 2. The van der Waals surface area contributed by atoms with E-state index < -0.39 is 35.2 Å². The fourth-order valence-corrected chi connectivity index (χ4v) is 2.87. The van der Waals surface area contributed by atoms with Gasteiger partial charge in [0.2, 0.25) is 5.78 Å². The van der Waals surface area contributed by atoms with Crippen molar-refractivity contribution in [3.05, 3.63) is 60.2 Å². The van der Waals surface area contributed by atoms with Crippen molar-refractivity contribution in [3.8, 4) is 0 Å². The minimum atomic E-state index is -0.924. The number of aromatic amines is 1. The van der Waals surface area contributed by atoms with Crippen LogP contribution in [-0.4, -0.2) is 27.9 Å². The Morgan fingerprint density at radius 2 is 1.96 bits per heavy atom. The monoisotopic (exact) mass is 413 g/mol. The van der Waals surface area contributed by atoms with E-state index in [9.17, 15) is 19.2 Å². The Labute approximate surface area is 163 Å². The van der Waals surface area contributed by atoms with E-state index in [1.165, 1.54) is 6.07 Å². The predicted molar refractivity (Wildman–Crippen MR) is 101 cm³/mol. The summed E-state index contributed by atoms with van der Waals surface area (Å²) < 4.78 is 6.00. The maximum absolute atomic E-state index is 12.3. The SMILES string of the molecule is CCCn1c(N)c(C(=O)COC(=O)Cc2ccc(Cl)cc2Cl)c(=O)[nH]c1=O. The quantitative estimate of drug-likeness (QED) is 0.526. The summed E-state index contributed by atoms with van der Waals surface area (Å²) in [6.07, 6.45) is 0.394. The molecule has 0 fully saturated rings. The van der Waals surface area contributed by atoms with Crippen molar-refractivity contribution in [3.63, 3.8) is 0 Å². The van der Waals surface area contributed by atoms with E-state index in [1.807, 2.05) is 11.9 Å². The molecule has 0 saturated carbocycles. The lowest BCUT2D eigenvalue weighted by Crippen LogP contribution is -2.37. The third kappa shape index (κ3) is 4.99. The largest absolute Gasteiger partial charge is 0.457 e. The van der Waals surface area contributed by atoms with Crippen molar-refractivity contribution in [2.24, 2.45) is 0 Å². The second-order valence-corrected chi connectivity index (χ2v) is 6.51. The number of H-pyrrole nitrogens is 1. The van der Waals surface area contributed by atoms with E-state index in [0.29, 0.717) is 17.0 Å². The van der Waals surface area contributed by atoms with Crippen molar-refractivity contribution in [2.75, 3.05) is 12.3 Å². The van der Waals surface area contributed by atoms with Gasteiger partial charge in [-0.25, -0.2) is 4.79 Å². The summed E-state index contributed by atoms with van der Waals surface area (Å²) in [5.74, 6) is -1.79. The van der Waals surface area contributed by atoms with Gasteiger partial charge in [0, 0.05) is 16.6 Å². The van der Waals surface area contributed by atoms with Crippen molar-refractivity contribution >= 4 is 40.8 Å². The van der Waals surface area contributed by atoms with Crippen LogP contribution < -0.4 is 17.0 Å². The summed E-state index contributed by atoms with van der Waals surface area (Å²) in [7, 11) is 0. The number of nitrogens with two attached hydrogens (primary N) is 1. The first kappa shape index (κ1) is 20.7. The second kappa shape index (κ2) is 8.88. The number of hydrogen-bond acceptors (Lipinski definition) is 6. The van der Waals surface area contributed by atoms with Crippen LogP contribution in [0.15, 0.2) is 27.8 Å². The molecule has 3 N–H and O–H groups in total. The van der Waals surface area contributed by atoms with Crippen LogP contribution in [0.4, 0.5) is 5.82 Å². The van der Waals surface area contributed by atoms with Crippen LogP contribution >= 0.6 is 23.2 Å². The molecule has 27 heavy (non-hydrogen) atoms. The minimum Gasteiger partial charge on any atom is -0.457 e. The Balaban J connectivity index is 2.11. The van der Waals surface area contributed by atoms with Crippen LogP contribution in [0.5, 0.6) is 0 Å². The Kier molecular flexibility index (Phi) is 6.81. The van der Waals surface area contributed by atoms with E-state index in [1.54, 1.807) is 12.1 Å². The summed E-state index contributed by atoms with van der Waals surface area (Å²) in [4.78, 5) is 50.0. The summed E-state index contributed by atoms with van der Waals surface area (Å²) in [6, 6.07) is 4.61. The van der Waals surface area contributed by atoms with Crippen molar-refractivity contribution in [1.82, 2.24) is 9.55 Å². The number of halogens is 2. The molecule has 8 nitrogen and oxygen atoms in total.